The number of piperazine rings is 1. The first-order chi connectivity index (χ1) is 14.6. The van der Waals surface area contributed by atoms with E-state index in [0.717, 1.165) is 27.8 Å². The maximum absolute atomic E-state index is 12.8. The van der Waals surface area contributed by atoms with Gasteiger partial charge in [0, 0.05) is 48.8 Å². The molecular weight excluding hydrogens is 378 g/mol. The van der Waals surface area contributed by atoms with Crippen LogP contribution < -0.4 is 4.74 Å². The van der Waals surface area contributed by atoms with Gasteiger partial charge < -0.3 is 14.6 Å². The van der Waals surface area contributed by atoms with Crippen molar-refractivity contribution in [3.8, 4) is 5.75 Å². The predicted octanol–water partition coefficient (Wildman–Crippen LogP) is 3.14. The van der Waals surface area contributed by atoms with E-state index in [2.05, 4.69) is 9.88 Å². The van der Waals surface area contributed by atoms with E-state index in [9.17, 15) is 9.59 Å². The summed E-state index contributed by atoms with van der Waals surface area (Å²) in [5.41, 5.74) is 2.70. The van der Waals surface area contributed by atoms with E-state index in [1.54, 1.807) is 6.20 Å². The Labute approximate surface area is 176 Å². The third-order valence-corrected chi connectivity index (χ3v) is 5.57. The zero-order valence-electron chi connectivity index (χ0n) is 17.3. The fourth-order valence-corrected chi connectivity index (χ4v) is 3.90. The molecule has 4 rings (SSSR count). The molecule has 0 spiro atoms. The summed E-state index contributed by atoms with van der Waals surface area (Å²) in [6.45, 7) is 5.68. The Bertz CT molecular complexity index is 1020. The number of nitrogens with one attached hydrogen (secondary N) is 1. The highest BCUT2D eigenvalue weighted by Gasteiger charge is 2.23. The Morgan fingerprint density at radius 2 is 1.73 bits per heavy atom. The van der Waals surface area contributed by atoms with E-state index >= 15 is 0 Å². The lowest BCUT2D eigenvalue weighted by molar-refractivity contribution is -0.132. The van der Waals surface area contributed by atoms with Crippen LogP contribution in [0.2, 0.25) is 0 Å². The van der Waals surface area contributed by atoms with Crippen molar-refractivity contribution in [1.29, 1.82) is 0 Å². The minimum atomic E-state index is 0.113. The van der Waals surface area contributed by atoms with E-state index in [1.165, 1.54) is 0 Å². The third kappa shape index (κ3) is 4.54. The molecule has 1 saturated heterocycles. The molecule has 0 atom stereocenters. The van der Waals surface area contributed by atoms with E-state index in [-0.39, 0.29) is 11.7 Å². The molecule has 0 saturated carbocycles. The summed E-state index contributed by atoms with van der Waals surface area (Å²) < 4.78 is 5.45. The zero-order chi connectivity index (χ0) is 20.9. The molecule has 1 aromatic heterocycles. The first kappa shape index (κ1) is 20.2. The number of hydrogen-bond acceptors (Lipinski definition) is 4. The topological polar surface area (TPSA) is 65.6 Å². The van der Waals surface area contributed by atoms with Crippen molar-refractivity contribution in [2.24, 2.45) is 0 Å². The lowest BCUT2D eigenvalue weighted by Gasteiger charge is -2.34. The molecule has 1 N–H and O–H groups in total. The summed E-state index contributed by atoms with van der Waals surface area (Å²) in [6, 6.07) is 15.5. The number of Topliss-reactive ketones (excluding diaryl/α,β-unsaturated/α-hetero) is 1. The van der Waals surface area contributed by atoms with Gasteiger partial charge in [-0.25, -0.2) is 0 Å². The standard InChI is InChI=1S/C24H27N3O3/c1-2-30-19-9-7-18(8-10-19)15-24(29)27-13-11-26(12-14-27)17-23(28)21-16-25-22-6-4-3-5-20(21)22/h3-10,16,25H,2,11-15,17H2,1H3. The fraction of sp³-hybridized carbons (Fsp3) is 0.333. The highest BCUT2D eigenvalue weighted by molar-refractivity contribution is 6.08. The minimum absolute atomic E-state index is 0.113. The Kier molecular flexibility index (Phi) is 6.14. The Morgan fingerprint density at radius 1 is 1.00 bits per heavy atom. The molecule has 1 amide bonds. The van der Waals surface area contributed by atoms with Gasteiger partial charge in [0.2, 0.25) is 5.91 Å². The summed E-state index contributed by atoms with van der Waals surface area (Å²) in [5.74, 6) is 1.06. The molecule has 6 heteroatoms. The largest absolute Gasteiger partial charge is 0.494 e. The monoisotopic (exact) mass is 405 g/mol. The molecule has 0 aliphatic carbocycles. The molecule has 3 aromatic rings. The van der Waals surface area contributed by atoms with E-state index in [0.29, 0.717) is 45.8 Å². The molecule has 0 radical (unpaired) electrons. The van der Waals surface area contributed by atoms with Crippen LogP contribution in [0.4, 0.5) is 0 Å². The number of rotatable bonds is 7. The van der Waals surface area contributed by atoms with Crippen LogP contribution in [0, 0.1) is 0 Å². The Hall–Kier alpha value is -3.12. The van der Waals surface area contributed by atoms with E-state index in [1.807, 2.05) is 60.4 Å². The molecule has 1 aliphatic rings. The van der Waals surface area contributed by atoms with Crippen molar-refractivity contribution in [2.75, 3.05) is 39.3 Å². The second-order valence-corrected chi connectivity index (χ2v) is 7.58. The summed E-state index contributed by atoms with van der Waals surface area (Å²) in [4.78, 5) is 32.6. The molecule has 1 fully saturated rings. The lowest BCUT2D eigenvalue weighted by Crippen LogP contribution is -2.50. The molecular formula is C24H27N3O3. The number of H-pyrrole nitrogens is 1. The Balaban J connectivity index is 1.28. The minimum Gasteiger partial charge on any atom is -0.494 e. The second kappa shape index (κ2) is 9.13. The predicted molar refractivity (Wildman–Crippen MR) is 117 cm³/mol. The Morgan fingerprint density at radius 3 is 2.47 bits per heavy atom. The molecule has 6 nitrogen and oxygen atoms in total. The summed E-state index contributed by atoms with van der Waals surface area (Å²) in [7, 11) is 0. The number of ether oxygens (including phenoxy) is 1. The number of carbonyl (C=O) groups is 2. The van der Waals surface area contributed by atoms with Gasteiger partial charge in [-0.2, -0.15) is 0 Å². The maximum atomic E-state index is 12.8. The first-order valence-electron chi connectivity index (χ1n) is 10.4. The summed E-state index contributed by atoms with van der Waals surface area (Å²) >= 11 is 0. The normalized spacial score (nSPS) is 14.8. The van der Waals surface area contributed by atoms with Crippen LogP contribution in [-0.4, -0.2) is 65.8 Å². The molecule has 2 heterocycles. The van der Waals surface area contributed by atoms with Gasteiger partial charge in [-0.05, 0) is 30.7 Å². The quantitative estimate of drug-likeness (QED) is 0.614. The zero-order valence-corrected chi connectivity index (χ0v) is 17.3. The van der Waals surface area contributed by atoms with Gasteiger partial charge in [0.05, 0.1) is 19.6 Å². The maximum Gasteiger partial charge on any atom is 0.227 e. The van der Waals surface area contributed by atoms with Crippen molar-refractivity contribution in [3.63, 3.8) is 0 Å². The fourth-order valence-electron chi connectivity index (χ4n) is 3.90. The van der Waals surface area contributed by atoms with Crippen molar-refractivity contribution in [3.05, 3.63) is 65.9 Å². The van der Waals surface area contributed by atoms with Crippen molar-refractivity contribution >= 4 is 22.6 Å². The van der Waals surface area contributed by atoms with Crippen LogP contribution >= 0.6 is 0 Å². The molecule has 2 aromatic carbocycles. The average Bonchev–Trinajstić information content (AvgIpc) is 3.20. The molecule has 1 aliphatic heterocycles. The van der Waals surface area contributed by atoms with Gasteiger partial charge in [0.25, 0.3) is 0 Å². The summed E-state index contributed by atoms with van der Waals surface area (Å²) in [5, 5.41) is 0.965. The van der Waals surface area contributed by atoms with E-state index in [4.69, 9.17) is 4.74 Å². The smallest absolute Gasteiger partial charge is 0.227 e. The number of hydrogen-bond donors (Lipinski definition) is 1. The summed E-state index contributed by atoms with van der Waals surface area (Å²) in [6.07, 6.45) is 2.18. The van der Waals surface area contributed by atoms with E-state index < -0.39 is 0 Å². The number of amides is 1. The van der Waals surface area contributed by atoms with Crippen LogP contribution in [0.15, 0.2) is 54.7 Å². The van der Waals surface area contributed by atoms with Crippen LogP contribution in [-0.2, 0) is 11.2 Å². The first-order valence-corrected chi connectivity index (χ1v) is 10.4. The van der Waals surface area contributed by atoms with Gasteiger partial charge >= 0.3 is 0 Å². The van der Waals surface area contributed by atoms with Gasteiger partial charge in [0.15, 0.2) is 5.78 Å². The number of aromatic amines is 1. The number of carbonyl (C=O) groups excluding carboxylic acids is 2. The molecule has 0 unspecified atom stereocenters. The number of ketones is 1. The van der Waals surface area contributed by atoms with Crippen LogP contribution in [0.5, 0.6) is 5.75 Å². The molecule has 156 valence electrons. The number of aromatic nitrogens is 1. The number of para-hydroxylation sites is 1. The molecule has 0 bridgehead atoms. The van der Waals surface area contributed by atoms with Crippen LogP contribution in [0.1, 0.15) is 22.8 Å². The second-order valence-electron chi connectivity index (χ2n) is 7.58. The van der Waals surface area contributed by atoms with Gasteiger partial charge in [-0.3, -0.25) is 14.5 Å². The van der Waals surface area contributed by atoms with Crippen molar-refractivity contribution < 1.29 is 14.3 Å². The SMILES string of the molecule is CCOc1ccc(CC(=O)N2CCN(CC(=O)c3c[nH]c4ccccc34)CC2)cc1. The van der Waals surface area contributed by atoms with Crippen molar-refractivity contribution in [2.45, 2.75) is 13.3 Å². The highest BCUT2D eigenvalue weighted by atomic mass is 16.5. The van der Waals surface area contributed by atoms with Crippen molar-refractivity contribution in [1.82, 2.24) is 14.8 Å². The number of nitrogens with zero attached hydrogens (tertiary/aromatic N) is 2. The van der Waals surface area contributed by atoms with Gasteiger partial charge in [-0.1, -0.05) is 30.3 Å². The highest BCUT2D eigenvalue weighted by Crippen LogP contribution is 2.19. The van der Waals surface area contributed by atoms with Gasteiger partial charge in [0.1, 0.15) is 5.75 Å². The average molecular weight is 405 g/mol. The number of benzene rings is 2. The third-order valence-electron chi connectivity index (χ3n) is 5.57. The number of fused-ring (bicyclic) bond motifs is 1. The van der Waals surface area contributed by atoms with Crippen LogP contribution in [0.25, 0.3) is 10.9 Å². The molecule has 30 heavy (non-hydrogen) atoms. The van der Waals surface area contributed by atoms with Crippen LogP contribution in [0.3, 0.4) is 0 Å². The van der Waals surface area contributed by atoms with Gasteiger partial charge in [-0.15, -0.1) is 0 Å². The lowest BCUT2D eigenvalue weighted by atomic mass is 10.1.